The third-order valence-corrected chi connectivity index (χ3v) is 5.51. The Balaban J connectivity index is 2.18. The van der Waals surface area contributed by atoms with Gasteiger partial charge in [-0.2, -0.15) is 0 Å². The van der Waals surface area contributed by atoms with Crippen molar-refractivity contribution in [1.82, 2.24) is 3.97 Å². The molecule has 0 radical (unpaired) electrons. The minimum atomic E-state index is -3.86. The second kappa shape index (κ2) is 6.33. The molecule has 0 aliphatic rings. The van der Waals surface area contributed by atoms with Gasteiger partial charge in [0.25, 0.3) is 10.0 Å². The first-order chi connectivity index (χ1) is 11.8. The number of nitrogens with zero attached hydrogens (tertiary/aromatic N) is 1. The number of halogens is 1. The quantitative estimate of drug-likeness (QED) is 0.668. The van der Waals surface area contributed by atoms with Gasteiger partial charge in [0.2, 0.25) is 0 Å². The van der Waals surface area contributed by atoms with E-state index in [1.54, 1.807) is 12.1 Å². The van der Waals surface area contributed by atoms with Crippen LogP contribution in [0.3, 0.4) is 0 Å². The van der Waals surface area contributed by atoms with Gasteiger partial charge in [-0.15, -0.1) is 0 Å². The van der Waals surface area contributed by atoms with Crippen molar-refractivity contribution < 1.29 is 22.3 Å². The molecule has 0 spiro atoms. The van der Waals surface area contributed by atoms with Gasteiger partial charge in [0, 0.05) is 24.1 Å². The fourth-order valence-electron chi connectivity index (χ4n) is 2.56. The third-order valence-electron chi connectivity index (χ3n) is 3.82. The molecule has 25 heavy (non-hydrogen) atoms. The van der Waals surface area contributed by atoms with Crippen molar-refractivity contribution in [3.63, 3.8) is 0 Å². The van der Waals surface area contributed by atoms with Crippen LogP contribution in [0.2, 0.25) is 0 Å². The molecule has 0 N–H and O–H groups in total. The Kier molecular flexibility index (Phi) is 4.34. The highest BCUT2D eigenvalue weighted by molar-refractivity contribution is 7.90. The van der Waals surface area contributed by atoms with Gasteiger partial charge < -0.3 is 4.74 Å². The number of carbonyl (C=O) groups excluding carboxylic acids is 1. The lowest BCUT2D eigenvalue weighted by molar-refractivity contribution is -0.142. The third kappa shape index (κ3) is 3.28. The van der Waals surface area contributed by atoms with Gasteiger partial charge in [-0.05, 0) is 37.3 Å². The number of hydrogen-bond acceptors (Lipinski definition) is 4. The summed E-state index contributed by atoms with van der Waals surface area (Å²) < 4.78 is 45.6. The molecule has 0 aliphatic carbocycles. The molecule has 0 saturated carbocycles. The zero-order valence-corrected chi connectivity index (χ0v) is 14.5. The number of rotatable bonds is 4. The fraction of sp³-hybridized carbons (Fsp3) is 0.167. The Morgan fingerprint density at radius 2 is 1.84 bits per heavy atom. The number of aryl methyl sites for hydroxylation is 1. The van der Waals surface area contributed by atoms with Crippen LogP contribution < -0.4 is 0 Å². The minimum absolute atomic E-state index is 0.123. The molecular weight excluding hydrogens is 345 g/mol. The summed E-state index contributed by atoms with van der Waals surface area (Å²) in [6.07, 6.45) is 1.36. The molecule has 1 aromatic heterocycles. The molecule has 1 heterocycles. The number of esters is 1. The highest BCUT2D eigenvalue weighted by Gasteiger charge is 2.21. The number of benzene rings is 2. The molecule has 130 valence electrons. The molecule has 3 rings (SSSR count). The Morgan fingerprint density at radius 3 is 2.48 bits per heavy atom. The van der Waals surface area contributed by atoms with E-state index in [2.05, 4.69) is 0 Å². The van der Waals surface area contributed by atoms with Gasteiger partial charge in [-0.3, -0.25) is 4.79 Å². The molecule has 0 saturated heterocycles. The lowest BCUT2D eigenvalue weighted by Gasteiger charge is -2.07. The predicted octanol–water partition coefficient (Wildman–Crippen LogP) is 3.39. The van der Waals surface area contributed by atoms with Gasteiger partial charge in [0.1, 0.15) is 12.4 Å². The standard InChI is InChI=1S/C18H16FNO4S/c1-12-3-6-16(7-4-12)25(22,23)20-10-14(11-24-13(2)21)17-9-15(19)5-8-18(17)20/h3-10H,11H2,1-2H3. The SMILES string of the molecule is CC(=O)OCc1cn(S(=O)(=O)c2ccc(C)cc2)c2ccc(F)cc12. The molecular formula is C18H16FNO4S. The second-order valence-corrected chi connectivity index (χ2v) is 7.52. The first-order valence-corrected chi connectivity index (χ1v) is 8.98. The van der Waals surface area contributed by atoms with Crippen LogP contribution >= 0.6 is 0 Å². The maximum atomic E-state index is 13.6. The van der Waals surface area contributed by atoms with E-state index in [9.17, 15) is 17.6 Å². The van der Waals surface area contributed by atoms with Gasteiger partial charge >= 0.3 is 5.97 Å². The lowest BCUT2D eigenvalue weighted by Crippen LogP contribution is -2.12. The van der Waals surface area contributed by atoms with E-state index in [1.165, 1.54) is 43.5 Å². The number of aromatic nitrogens is 1. The van der Waals surface area contributed by atoms with Crippen molar-refractivity contribution in [2.75, 3.05) is 0 Å². The number of hydrogen-bond donors (Lipinski definition) is 0. The molecule has 5 nitrogen and oxygen atoms in total. The van der Waals surface area contributed by atoms with Crippen molar-refractivity contribution in [3.8, 4) is 0 Å². The summed E-state index contributed by atoms with van der Waals surface area (Å²) >= 11 is 0. The summed E-state index contributed by atoms with van der Waals surface area (Å²) in [5.74, 6) is -0.999. The summed E-state index contributed by atoms with van der Waals surface area (Å²) in [4.78, 5) is 11.2. The minimum Gasteiger partial charge on any atom is -0.461 e. The van der Waals surface area contributed by atoms with Gasteiger partial charge in [-0.25, -0.2) is 16.8 Å². The van der Waals surface area contributed by atoms with Crippen LogP contribution in [0.1, 0.15) is 18.1 Å². The predicted molar refractivity (Wildman–Crippen MR) is 91.1 cm³/mol. The molecule has 0 amide bonds. The first-order valence-electron chi connectivity index (χ1n) is 7.54. The Bertz CT molecular complexity index is 1050. The largest absolute Gasteiger partial charge is 0.461 e. The average Bonchev–Trinajstić information content (AvgIpc) is 2.92. The smallest absolute Gasteiger partial charge is 0.302 e. The van der Waals surface area contributed by atoms with Crippen LogP contribution in [0.25, 0.3) is 10.9 Å². The number of ether oxygens (including phenoxy) is 1. The van der Waals surface area contributed by atoms with Crippen LogP contribution in [0.5, 0.6) is 0 Å². The molecule has 3 aromatic rings. The normalized spacial score (nSPS) is 11.6. The Labute approximate surface area is 144 Å². The molecule has 2 aromatic carbocycles. The van der Waals surface area contributed by atoms with Gasteiger partial charge in [0.05, 0.1) is 10.4 Å². The van der Waals surface area contributed by atoms with E-state index in [0.717, 1.165) is 9.54 Å². The van der Waals surface area contributed by atoms with E-state index in [-0.39, 0.29) is 11.5 Å². The van der Waals surface area contributed by atoms with Gasteiger partial charge in [0.15, 0.2) is 0 Å². The zero-order valence-electron chi connectivity index (χ0n) is 13.7. The van der Waals surface area contributed by atoms with E-state index in [0.29, 0.717) is 16.5 Å². The van der Waals surface area contributed by atoms with Crippen molar-refractivity contribution in [1.29, 1.82) is 0 Å². The summed E-state index contributed by atoms with van der Waals surface area (Å²) in [5.41, 5.74) is 1.68. The maximum absolute atomic E-state index is 13.6. The van der Waals surface area contributed by atoms with E-state index >= 15 is 0 Å². The van der Waals surface area contributed by atoms with Gasteiger partial charge in [-0.1, -0.05) is 17.7 Å². The summed E-state index contributed by atoms with van der Waals surface area (Å²) in [6, 6.07) is 10.3. The van der Waals surface area contributed by atoms with E-state index < -0.39 is 21.8 Å². The van der Waals surface area contributed by atoms with Crippen LogP contribution in [-0.4, -0.2) is 18.4 Å². The molecule has 0 bridgehead atoms. The Hall–Kier alpha value is -2.67. The average molecular weight is 361 g/mol. The second-order valence-electron chi connectivity index (χ2n) is 5.71. The lowest BCUT2D eigenvalue weighted by atomic mass is 10.2. The van der Waals surface area contributed by atoms with E-state index in [4.69, 9.17) is 4.74 Å². The maximum Gasteiger partial charge on any atom is 0.302 e. The van der Waals surface area contributed by atoms with Crippen LogP contribution in [-0.2, 0) is 26.2 Å². The molecule has 0 fully saturated rings. The monoisotopic (exact) mass is 361 g/mol. The molecule has 7 heteroatoms. The summed E-state index contributed by atoms with van der Waals surface area (Å²) in [6.45, 7) is 2.98. The summed E-state index contributed by atoms with van der Waals surface area (Å²) in [5, 5.41) is 0.386. The van der Waals surface area contributed by atoms with Crippen molar-refractivity contribution in [2.24, 2.45) is 0 Å². The molecule has 0 atom stereocenters. The van der Waals surface area contributed by atoms with Crippen molar-refractivity contribution in [3.05, 3.63) is 65.6 Å². The topological polar surface area (TPSA) is 65.4 Å². The highest BCUT2D eigenvalue weighted by Crippen LogP contribution is 2.27. The highest BCUT2D eigenvalue weighted by atomic mass is 32.2. The van der Waals surface area contributed by atoms with Crippen molar-refractivity contribution >= 4 is 26.9 Å². The van der Waals surface area contributed by atoms with Crippen LogP contribution in [0, 0.1) is 12.7 Å². The van der Waals surface area contributed by atoms with E-state index in [1.807, 2.05) is 6.92 Å². The molecule has 0 unspecified atom stereocenters. The number of fused-ring (bicyclic) bond motifs is 1. The zero-order chi connectivity index (χ0) is 18.2. The van der Waals surface area contributed by atoms with Crippen LogP contribution in [0.15, 0.2) is 53.6 Å². The first kappa shape index (κ1) is 17.2. The van der Waals surface area contributed by atoms with Crippen molar-refractivity contribution in [2.45, 2.75) is 25.3 Å². The summed E-state index contributed by atoms with van der Waals surface area (Å²) in [7, 11) is -3.86. The Morgan fingerprint density at radius 1 is 1.16 bits per heavy atom. The fourth-order valence-corrected chi connectivity index (χ4v) is 3.95. The molecule has 0 aliphatic heterocycles. The number of carbonyl (C=O) groups is 1. The van der Waals surface area contributed by atoms with Crippen LogP contribution in [0.4, 0.5) is 4.39 Å².